The van der Waals surface area contributed by atoms with Gasteiger partial charge in [-0.3, -0.25) is 4.79 Å². The molecule has 0 aromatic carbocycles. The zero-order valence-electron chi connectivity index (χ0n) is 10.8. The fourth-order valence-corrected chi connectivity index (χ4v) is 2.64. The van der Waals surface area contributed by atoms with Crippen LogP contribution < -0.4 is 9.46 Å². The van der Waals surface area contributed by atoms with Crippen LogP contribution in [0.2, 0.25) is 0 Å². The molecule has 0 unspecified atom stereocenters. The summed E-state index contributed by atoms with van der Waals surface area (Å²) in [5.41, 5.74) is 0. The van der Waals surface area contributed by atoms with Crippen LogP contribution in [0.25, 0.3) is 0 Å². The highest BCUT2D eigenvalue weighted by molar-refractivity contribution is 7.89. The fraction of sp³-hybridized carbons (Fsp3) is 0.455. The first-order valence-electron chi connectivity index (χ1n) is 5.53. The number of pyridine rings is 1. The van der Waals surface area contributed by atoms with E-state index in [4.69, 9.17) is 9.84 Å². The van der Waals surface area contributed by atoms with Crippen molar-refractivity contribution in [3.8, 4) is 5.88 Å². The lowest BCUT2D eigenvalue weighted by Crippen LogP contribution is -2.44. The smallest absolute Gasteiger partial charge is 0.322 e. The van der Waals surface area contributed by atoms with Gasteiger partial charge >= 0.3 is 5.97 Å². The third kappa shape index (κ3) is 3.90. The van der Waals surface area contributed by atoms with Gasteiger partial charge in [0.15, 0.2) is 0 Å². The second-order valence-electron chi connectivity index (χ2n) is 4.22. The molecule has 106 valence electrons. The van der Waals surface area contributed by atoms with Crippen molar-refractivity contribution in [2.45, 2.75) is 24.8 Å². The number of carboxylic acids is 1. The highest BCUT2D eigenvalue weighted by atomic mass is 32.2. The number of rotatable bonds is 6. The molecule has 1 heterocycles. The molecule has 0 bridgehead atoms. The molecular formula is C11H16N2O5S. The lowest BCUT2D eigenvalue weighted by molar-refractivity contribution is -0.140. The summed E-state index contributed by atoms with van der Waals surface area (Å²) in [4.78, 5) is 14.6. The molecule has 0 aliphatic carbocycles. The van der Waals surface area contributed by atoms with Crippen LogP contribution in [0.1, 0.15) is 13.8 Å². The Balaban J connectivity index is 2.99. The third-order valence-electron chi connectivity index (χ3n) is 2.44. The van der Waals surface area contributed by atoms with E-state index >= 15 is 0 Å². The van der Waals surface area contributed by atoms with Crippen LogP contribution >= 0.6 is 0 Å². The van der Waals surface area contributed by atoms with Crippen LogP contribution in [-0.2, 0) is 14.8 Å². The number of aromatic nitrogens is 1. The molecule has 2 N–H and O–H groups in total. The summed E-state index contributed by atoms with van der Waals surface area (Å²) in [7, 11) is -2.51. The van der Waals surface area contributed by atoms with Crippen LogP contribution in [0, 0.1) is 5.92 Å². The summed E-state index contributed by atoms with van der Waals surface area (Å²) in [6.07, 6.45) is 1.11. The van der Waals surface area contributed by atoms with Crippen LogP contribution in [0.5, 0.6) is 5.88 Å². The summed E-state index contributed by atoms with van der Waals surface area (Å²) >= 11 is 0. The van der Waals surface area contributed by atoms with Crippen molar-refractivity contribution in [1.29, 1.82) is 0 Å². The first-order valence-corrected chi connectivity index (χ1v) is 7.01. The zero-order valence-corrected chi connectivity index (χ0v) is 11.6. The standard InChI is InChI=1S/C11H16N2O5S/c1-7(2)10(11(14)15)13-19(16,17)8-4-5-9(18-3)12-6-8/h4-7,10,13H,1-3H3,(H,14,15)/t10-/m1/s1. The molecule has 0 aliphatic heterocycles. The van der Waals surface area contributed by atoms with Gasteiger partial charge in [-0.2, -0.15) is 4.72 Å². The Morgan fingerprint density at radius 2 is 2.05 bits per heavy atom. The summed E-state index contributed by atoms with van der Waals surface area (Å²) in [5.74, 6) is -1.32. The molecule has 1 rings (SSSR count). The Kier molecular flexibility index (Phi) is 4.84. The van der Waals surface area contributed by atoms with Gasteiger partial charge in [0.05, 0.1) is 13.3 Å². The molecule has 0 fully saturated rings. The maximum atomic E-state index is 12.0. The Morgan fingerprint density at radius 1 is 1.42 bits per heavy atom. The van der Waals surface area contributed by atoms with Crippen LogP contribution in [0.3, 0.4) is 0 Å². The molecule has 7 nitrogen and oxygen atoms in total. The molecule has 8 heteroatoms. The van der Waals surface area contributed by atoms with Gasteiger partial charge in [-0.15, -0.1) is 0 Å². The number of aliphatic carboxylic acids is 1. The van der Waals surface area contributed by atoms with E-state index in [2.05, 4.69) is 9.71 Å². The highest BCUT2D eigenvalue weighted by Crippen LogP contribution is 2.14. The van der Waals surface area contributed by atoms with E-state index in [0.29, 0.717) is 0 Å². The van der Waals surface area contributed by atoms with Crippen LogP contribution in [-0.4, -0.2) is 37.6 Å². The zero-order chi connectivity index (χ0) is 14.6. The lowest BCUT2D eigenvalue weighted by Gasteiger charge is -2.17. The molecule has 0 aliphatic rings. The van der Waals surface area contributed by atoms with Crippen molar-refractivity contribution in [3.05, 3.63) is 18.3 Å². The van der Waals surface area contributed by atoms with Crippen molar-refractivity contribution in [3.63, 3.8) is 0 Å². The average molecular weight is 288 g/mol. The number of carboxylic acid groups (broad SMARTS) is 1. The number of carbonyl (C=O) groups is 1. The minimum atomic E-state index is -3.92. The van der Waals surface area contributed by atoms with Gasteiger partial charge in [0.1, 0.15) is 10.9 Å². The van der Waals surface area contributed by atoms with E-state index in [1.165, 1.54) is 19.2 Å². The Labute approximate surface area is 111 Å². The molecule has 1 aromatic heterocycles. The number of hydrogen-bond acceptors (Lipinski definition) is 5. The maximum Gasteiger partial charge on any atom is 0.322 e. The fourth-order valence-electron chi connectivity index (χ4n) is 1.35. The van der Waals surface area contributed by atoms with Gasteiger partial charge < -0.3 is 9.84 Å². The minimum Gasteiger partial charge on any atom is -0.481 e. The number of nitrogens with zero attached hydrogens (tertiary/aromatic N) is 1. The summed E-state index contributed by atoms with van der Waals surface area (Å²) in [6.45, 7) is 3.24. The van der Waals surface area contributed by atoms with E-state index in [1.807, 2.05) is 0 Å². The van der Waals surface area contributed by atoms with Crippen molar-refractivity contribution in [2.24, 2.45) is 5.92 Å². The number of hydrogen-bond donors (Lipinski definition) is 2. The Morgan fingerprint density at radius 3 is 2.42 bits per heavy atom. The molecule has 0 saturated heterocycles. The topological polar surface area (TPSA) is 106 Å². The van der Waals surface area contributed by atoms with Gasteiger partial charge in [0, 0.05) is 6.07 Å². The largest absolute Gasteiger partial charge is 0.481 e. The van der Waals surface area contributed by atoms with E-state index in [9.17, 15) is 13.2 Å². The van der Waals surface area contributed by atoms with Gasteiger partial charge in [0.25, 0.3) is 0 Å². The number of ether oxygens (including phenoxy) is 1. The van der Waals surface area contributed by atoms with E-state index in [1.54, 1.807) is 13.8 Å². The molecular weight excluding hydrogens is 272 g/mol. The lowest BCUT2D eigenvalue weighted by atomic mass is 10.1. The normalized spacial score (nSPS) is 13.3. The van der Waals surface area contributed by atoms with Gasteiger partial charge in [-0.1, -0.05) is 13.8 Å². The first-order chi connectivity index (χ1) is 8.77. The molecule has 0 radical (unpaired) electrons. The number of nitrogens with one attached hydrogen (secondary N) is 1. The van der Waals surface area contributed by atoms with Gasteiger partial charge in [-0.25, -0.2) is 13.4 Å². The SMILES string of the molecule is COc1ccc(S(=O)(=O)N[C@@H](C(=O)O)C(C)C)cn1. The molecule has 0 amide bonds. The summed E-state index contributed by atoms with van der Waals surface area (Å²) < 4.78 is 30.9. The maximum absolute atomic E-state index is 12.0. The van der Waals surface area contributed by atoms with E-state index < -0.39 is 22.0 Å². The minimum absolute atomic E-state index is 0.111. The van der Waals surface area contributed by atoms with Crippen molar-refractivity contribution in [2.75, 3.05) is 7.11 Å². The summed E-state index contributed by atoms with van der Waals surface area (Å²) in [6, 6.07) is 1.50. The second-order valence-corrected chi connectivity index (χ2v) is 5.93. The highest BCUT2D eigenvalue weighted by Gasteiger charge is 2.28. The number of sulfonamides is 1. The number of methoxy groups -OCH3 is 1. The predicted molar refractivity (Wildman–Crippen MR) is 67.4 cm³/mol. The Bertz CT molecular complexity index is 539. The molecule has 0 saturated carbocycles. The Hall–Kier alpha value is -1.67. The monoisotopic (exact) mass is 288 g/mol. The molecule has 1 aromatic rings. The van der Waals surface area contributed by atoms with Crippen molar-refractivity contribution in [1.82, 2.24) is 9.71 Å². The van der Waals surface area contributed by atoms with E-state index in [0.717, 1.165) is 6.20 Å². The molecule has 1 atom stereocenters. The van der Waals surface area contributed by atoms with E-state index in [-0.39, 0.29) is 16.7 Å². The van der Waals surface area contributed by atoms with Crippen molar-refractivity contribution >= 4 is 16.0 Å². The van der Waals surface area contributed by atoms with Crippen molar-refractivity contribution < 1.29 is 23.1 Å². The summed E-state index contributed by atoms with van der Waals surface area (Å²) in [5, 5.41) is 8.97. The van der Waals surface area contributed by atoms with Crippen LogP contribution in [0.4, 0.5) is 0 Å². The predicted octanol–water partition coefficient (Wildman–Crippen LogP) is 0.478. The molecule has 19 heavy (non-hydrogen) atoms. The average Bonchev–Trinajstić information content (AvgIpc) is 2.35. The van der Waals surface area contributed by atoms with Gasteiger partial charge in [0.2, 0.25) is 15.9 Å². The second kappa shape index (κ2) is 5.98. The quantitative estimate of drug-likeness (QED) is 0.788. The third-order valence-corrected chi connectivity index (χ3v) is 3.87. The van der Waals surface area contributed by atoms with Gasteiger partial charge in [-0.05, 0) is 12.0 Å². The molecule has 0 spiro atoms. The van der Waals surface area contributed by atoms with Crippen LogP contribution in [0.15, 0.2) is 23.2 Å². The first kappa shape index (κ1) is 15.4.